The van der Waals surface area contributed by atoms with E-state index in [1.807, 2.05) is 6.07 Å². The van der Waals surface area contributed by atoms with Gasteiger partial charge in [0.25, 0.3) is 0 Å². The van der Waals surface area contributed by atoms with Crippen molar-refractivity contribution in [3.63, 3.8) is 0 Å². The topological polar surface area (TPSA) is 50.4 Å². The van der Waals surface area contributed by atoms with Crippen molar-refractivity contribution in [3.05, 3.63) is 59.4 Å². The van der Waals surface area contributed by atoms with Crippen molar-refractivity contribution in [3.8, 4) is 5.75 Å². The molecule has 0 aromatic heterocycles. The SMILES string of the molecule is O=C(NCCOc1ccc2c(c1)CCCC2)Nc1ccc(F)cc1. The fourth-order valence-corrected chi connectivity index (χ4v) is 2.84. The number of carbonyl (C=O) groups is 1. The highest BCUT2D eigenvalue weighted by atomic mass is 19.1. The minimum atomic E-state index is -0.337. The predicted octanol–water partition coefficient (Wildman–Crippen LogP) is 3.91. The third kappa shape index (κ3) is 4.47. The molecule has 1 aliphatic rings. The van der Waals surface area contributed by atoms with Gasteiger partial charge in [-0.25, -0.2) is 9.18 Å². The molecular weight excluding hydrogens is 307 g/mol. The van der Waals surface area contributed by atoms with Crippen LogP contribution in [-0.4, -0.2) is 19.2 Å². The first-order chi connectivity index (χ1) is 11.7. The number of anilines is 1. The lowest BCUT2D eigenvalue weighted by Crippen LogP contribution is -2.32. The zero-order valence-corrected chi connectivity index (χ0v) is 13.5. The third-order valence-corrected chi connectivity index (χ3v) is 4.08. The predicted molar refractivity (Wildman–Crippen MR) is 92.0 cm³/mol. The molecule has 2 aromatic rings. The van der Waals surface area contributed by atoms with Gasteiger partial charge in [-0.1, -0.05) is 6.07 Å². The number of carbonyl (C=O) groups excluding carboxylic acids is 1. The second kappa shape index (κ2) is 7.81. The molecule has 5 heteroatoms. The van der Waals surface area contributed by atoms with Crippen molar-refractivity contribution in [1.82, 2.24) is 5.32 Å². The quantitative estimate of drug-likeness (QED) is 0.818. The molecule has 4 nitrogen and oxygen atoms in total. The van der Waals surface area contributed by atoms with Crippen molar-refractivity contribution in [2.24, 2.45) is 0 Å². The van der Waals surface area contributed by atoms with E-state index in [0.717, 1.165) is 18.6 Å². The van der Waals surface area contributed by atoms with Crippen LogP contribution in [0.25, 0.3) is 0 Å². The summed E-state index contributed by atoms with van der Waals surface area (Å²) in [5, 5.41) is 5.35. The highest BCUT2D eigenvalue weighted by Crippen LogP contribution is 2.25. The molecule has 0 bridgehead atoms. The maximum absolute atomic E-state index is 12.8. The molecule has 0 fully saturated rings. The van der Waals surface area contributed by atoms with E-state index >= 15 is 0 Å². The lowest BCUT2D eigenvalue weighted by Gasteiger charge is -2.17. The van der Waals surface area contributed by atoms with Crippen molar-refractivity contribution in [2.45, 2.75) is 25.7 Å². The van der Waals surface area contributed by atoms with E-state index in [0.29, 0.717) is 18.8 Å². The summed E-state index contributed by atoms with van der Waals surface area (Å²) < 4.78 is 18.5. The van der Waals surface area contributed by atoms with Gasteiger partial charge < -0.3 is 15.4 Å². The Morgan fingerprint density at radius 2 is 1.79 bits per heavy atom. The van der Waals surface area contributed by atoms with Gasteiger partial charge in [-0.3, -0.25) is 0 Å². The number of halogens is 1. The molecule has 0 saturated carbocycles. The van der Waals surface area contributed by atoms with Gasteiger partial charge >= 0.3 is 6.03 Å². The second-order valence-electron chi connectivity index (χ2n) is 5.87. The smallest absolute Gasteiger partial charge is 0.319 e. The van der Waals surface area contributed by atoms with E-state index in [-0.39, 0.29) is 11.8 Å². The van der Waals surface area contributed by atoms with Gasteiger partial charge in [0.15, 0.2) is 0 Å². The molecule has 0 spiro atoms. The van der Waals surface area contributed by atoms with Crippen LogP contribution in [0.1, 0.15) is 24.0 Å². The zero-order chi connectivity index (χ0) is 16.8. The van der Waals surface area contributed by atoms with Gasteiger partial charge in [0, 0.05) is 5.69 Å². The number of nitrogens with one attached hydrogen (secondary N) is 2. The number of rotatable bonds is 5. The number of amides is 2. The molecule has 0 heterocycles. The van der Waals surface area contributed by atoms with Gasteiger partial charge in [-0.2, -0.15) is 0 Å². The number of fused-ring (bicyclic) bond motifs is 1. The summed E-state index contributed by atoms with van der Waals surface area (Å²) in [4.78, 5) is 11.7. The van der Waals surface area contributed by atoms with Crippen molar-refractivity contribution < 1.29 is 13.9 Å². The van der Waals surface area contributed by atoms with Gasteiger partial charge in [0.2, 0.25) is 0 Å². The number of ether oxygens (including phenoxy) is 1. The van der Waals surface area contributed by atoms with E-state index in [1.165, 1.54) is 48.2 Å². The van der Waals surface area contributed by atoms with Gasteiger partial charge in [-0.15, -0.1) is 0 Å². The summed E-state index contributed by atoms with van der Waals surface area (Å²) >= 11 is 0. The first-order valence-electron chi connectivity index (χ1n) is 8.26. The Hall–Kier alpha value is -2.56. The van der Waals surface area contributed by atoms with E-state index in [9.17, 15) is 9.18 Å². The molecule has 126 valence electrons. The van der Waals surface area contributed by atoms with Crippen LogP contribution in [0.15, 0.2) is 42.5 Å². The Balaban J connectivity index is 1.40. The summed E-state index contributed by atoms with van der Waals surface area (Å²) in [7, 11) is 0. The zero-order valence-electron chi connectivity index (χ0n) is 13.5. The average molecular weight is 328 g/mol. The van der Waals surface area contributed by atoms with Crippen molar-refractivity contribution in [2.75, 3.05) is 18.5 Å². The van der Waals surface area contributed by atoms with Crippen LogP contribution in [0.4, 0.5) is 14.9 Å². The summed E-state index contributed by atoms with van der Waals surface area (Å²) in [5.41, 5.74) is 3.34. The lowest BCUT2D eigenvalue weighted by atomic mass is 9.92. The molecule has 0 saturated heterocycles. The summed E-state index contributed by atoms with van der Waals surface area (Å²) in [6.45, 7) is 0.791. The number of urea groups is 1. The van der Waals surface area contributed by atoms with E-state index in [2.05, 4.69) is 22.8 Å². The maximum atomic E-state index is 12.8. The Morgan fingerprint density at radius 3 is 2.58 bits per heavy atom. The number of hydrogen-bond acceptors (Lipinski definition) is 2. The molecule has 2 amide bonds. The van der Waals surface area contributed by atoms with Crippen LogP contribution in [0.5, 0.6) is 5.75 Å². The van der Waals surface area contributed by atoms with E-state index < -0.39 is 0 Å². The first-order valence-corrected chi connectivity index (χ1v) is 8.26. The van der Waals surface area contributed by atoms with Gasteiger partial charge in [0.05, 0.1) is 6.54 Å². The molecular formula is C19H21FN2O2. The monoisotopic (exact) mass is 328 g/mol. The fraction of sp³-hybridized carbons (Fsp3) is 0.316. The average Bonchev–Trinajstić information content (AvgIpc) is 2.60. The molecule has 0 atom stereocenters. The summed E-state index contributed by atoms with van der Waals surface area (Å²) in [5.74, 6) is 0.510. The standard InChI is InChI=1S/C19H21FN2O2/c20-16-6-8-17(9-7-16)22-19(23)21-11-12-24-18-10-5-14-3-1-2-4-15(14)13-18/h5-10,13H,1-4,11-12H2,(H2,21,22,23). The van der Waals surface area contributed by atoms with Crippen LogP contribution in [-0.2, 0) is 12.8 Å². The summed E-state index contributed by atoms with van der Waals surface area (Å²) in [6.07, 6.45) is 4.77. The Labute approximate surface area is 141 Å². The molecule has 24 heavy (non-hydrogen) atoms. The van der Waals surface area contributed by atoms with E-state index in [4.69, 9.17) is 4.74 Å². The van der Waals surface area contributed by atoms with Crippen molar-refractivity contribution in [1.29, 1.82) is 0 Å². The van der Waals surface area contributed by atoms with Crippen LogP contribution in [0, 0.1) is 5.82 Å². The number of aryl methyl sites for hydroxylation is 2. The molecule has 0 radical (unpaired) electrons. The lowest BCUT2D eigenvalue weighted by molar-refractivity contribution is 0.247. The minimum Gasteiger partial charge on any atom is -0.492 e. The van der Waals surface area contributed by atoms with Crippen LogP contribution in [0.3, 0.4) is 0 Å². The van der Waals surface area contributed by atoms with Gasteiger partial charge in [0.1, 0.15) is 18.2 Å². The largest absolute Gasteiger partial charge is 0.492 e. The molecule has 2 N–H and O–H groups in total. The molecule has 0 aliphatic heterocycles. The molecule has 0 unspecified atom stereocenters. The Bertz CT molecular complexity index is 701. The molecule has 1 aliphatic carbocycles. The van der Waals surface area contributed by atoms with Crippen molar-refractivity contribution >= 4 is 11.7 Å². The van der Waals surface area contributed by atoms with E-state index in [1.54, 1.807) is 0 Å². The highest BCUT2D eigenvalue weighted by Gasteiger charge is 2.09. The first kappa shape index (κ1) is 16.3. The number of benzene rings is 2. The Morgan fingerprint density at radius 1 is 1.04 bits per heavy atom. The number of hydrogen-bond donors (Lipinski definition) is 2. The van der Waals surface area contributed by atoms with Crippen LogP contribution in [0.2, 0.25) is 0 Å². The van der Waals surface area contributed by atoms with Crippen LogP contribution >= 0.6 is 0 Å². The summed E-state index contributed by atoms with van der Waals surface area (Å²) in [6, 6.07) is 11.5. The van der Waals surface area contributed by atoms with Crippen LogP contribution < -0.4 is 15.4 Å². The third-order valence-electron chi connectivity index (χ3n) is 4.08. The normalized spacial score (nSPS) is 13.0. The fourth-order valence-electron chi connectivity index (χ4n) is 2.84. The minimum absolute atomic E-state index is 0.334. The maximum Gasteiger partial charge on any atom is 0.319 e. The Kier molecular flexibility index (Phi) is 5.31. The second-order valence-corrected chi connectivity index (χ2v) is 5.87. The molecule has 2 aromatic carbocycles. The highest BCUT2D eigenvalue weighted by molar-refractivity contribution is 5.89. The van der Waals surface area contributed by atoms with Gasteiger partial charge in [-0.05, 0) is 73.2 Å². The molecule has 3 rings (SSSR count).